The van der Waals surface area contributed by atoms with Gasteiger partial charge in [-0.25, -0.2) is 0 Å². The molecule has 102 valence electrons. The van der Waals surface area contributed by atoms with Crippen LogP contribution in [0.1, 0.15) is 32.4 Å². The van der Waals surface area contributed by atoms with E-state index in [0.29, 0.717) is 30.0 Å². The smallest absolute Gasteiger partial charge is 0.108 e. The normalized spacial score (nSPS) is 27.6. The fourth-order valence-corrected chi connectivity index (χ4v) is 2.96. The predicted octanol–water partition coefficient (Wildman–Crippen LogP) is 2.44. The summed E-state index contributed by atoms with van der Waals surface area (Å²) in [5.41, 5.74) is -0.0610. The Bertz CT molecular complexity index is 411. The van der Waals surface area contributed by atoms with Crippen LogP contribution in [-0.2, 0) is 16.9 Å². The first-order valence-corrected chi connectivity index (χ1v) is 6.79. The van der Waals surface area contributed by atoms with Gasteiger partial charge >= 0.3 is 0 Å². The molecule has 1 N–H and O–H groups in total. The van der Waals surface area contributed by atoms with E-state index in [4.69, 9.17) is 16.3 Å². The van der Waals surface area contributed by atoms with Gasteiger partial charge in [-0.05, 0) is 24.7 Å². The van der Waals surface area contributed by atoms with Gasteiger partial charge in [-0.3, -0.25) is 4.68 Å². The molecule has 0 aromatic carbocycles. The van der Waals surface area contributed by atoms with Crippen LogP contribution in [0.4, 0.5) is 0 Å². The molecule has 4 nitrogen and oxygen atoms in total. The van der Waals surface area contributed by atoms with E-state index >= 15 is 0 Å². The summed E-state index contributed by atoms with van der Waals surface area (Å²) < 4.78 is 6.81. The molecular weight excluding hydrogens is 252 g/mol. The molecule has 1 aliphatic carbocycles. The summed E-state index contributed by atoms with van der Waals surface area (Å²) >= 11 is 6.16. The van der Waals surface area contributed by atoms with Crippen molar-refractivity contribution in [2.45, 2.75) is 38.8 Å². The van der Waals surface area contributed by atoms with Gasteiger partial charge < -0.3 is 9.84 Å². The molecule has 5 heteroatoms. The van der Waals surface area contributed by atoms with Crippen LogP contribution in [0.5, 0.6) is 0 Å². The van der Waals surface area contributed by atoms with Gasteiger partial charge in [-0.15, -0.1) is 0 Å². The van der Waals surface area contributed by atoms with E-state index in [1.807, 2.05) is 0 Å². The van der Waals surface area contributed by atoms with Crippen LogP contribution in [0.3, 0.4) is 0 Å². The largest absolute Gasteiger partial charge is 0.383 e. The summed E-state index contributed by atoms with van der Waals surface area (Å²) in [6, 6.07) is 0. The highest BCUT2D eigenvalue weighted by atomic mass is 35.5. The van der Waals surface area contributed by atoms with Gasteiger partial charge in [0.25, 0.3) is 0 Å². The van der Waals surface area contributed by atoms with Gasteiger partial charge in [0.15, 0.2) is 0 Å². The van der Waals surface area contributed by atoms with Crippen LogP contribution in [0.2, 0.25) is 5.02 Å². The number of methoxy groups -OCH3 is 1. The molecule has 0 saturated heterocycles. The van der Waals surface area contributed by atoms with Crippen molar-refractivity contribution < 1.29 is 9.84 Å². The summed E-state index contributed by atoms with van der Waals surface area (Å²) in [6.07, 6.45) is 3.14. The fraction of sp³-hybridized carbons (Fsp3) is 0.769. The van der Waals surface area contributed by atoms with E-state index in [2.05, 4.69) is 18.9 Å². The average molecular weight is 273 g/mol. The molecule has 0 bridgehead atoms. The van der Waals surface area contributed by atoms with Crippen LogP contribution in [-0.4, -0.2) is 28.6 Å². The third kappa shape index (κ3) is 2.42. The van der Waals surface area contributed by atoms with Crippen molar-refractivity contribution in [2.75, 3.05) is 13.7 Å². The molecule has 1 heterocycles. The molecule has 1 aliphatic rings. The van der Waals surface area contributed by atoms with Crippen LogP contribution in [0, 0.1) is 11.8 Å². The van der Waals surface area contributed by atoms with E-state index in [0.717, 1.165) is 18.5 Å². The number of ether oxygens (including phenoxy) is 1. The van der Waals surface area contributed by atoms with Gasteiger partial charge in [0.1, 0.15) is 5.60 Å². The molecular formula is C13H21ClN2O2. The lowest BCUT2D eigenvalue weighted by Gasteiger charge is -2.46. The minimum atomic E-state index is -0.809. The number of aromatic nitrogens is 2. The predicted molar refractivity (Wildman–Crippen MR) is 70.6 cm³/mol. The van der Waals surface area contributed by atoms with E-state index < -0.39 is 5.60 Å². The van der Waals surface area contributed by atoms with Crippen molar-refractivity contribution in [3.63, 3.8) is 0 Å². The highest BCUT2D eigenvalue weighted by Crippen LogP contribution is 2.50. The second-order valence-corrected chi connectivity index (χ2v) is 5.91. The first-order valence-electron chi connectivity index (χ1n) is 6.41. The SMILES string of the molecule is COCCn1ncc(Cl)c1C1(O)CC(C(C)C)C1. The van der Waals surface area contributed by atoms with Gasteiger partial charge in [0.05, 0.1) is 30.1 Å². The van der Waals surface area contributed by atoms with Crippen molar-refractivity contribution in [1.29, 1.82) is 0 Å². The third-order valence-electron chi connectivity index (χ3n) is 3.89. The summed E-state index contributed by atoms with van der Waals surface area (Å²) in [4.78, 5) is 0. The summed E-state index contributed by atoms with van der Waals surface area (Å²) in [7, 11) is 1.65. The highest BCUT2D eigenvalue weighted by Gasteiger charge is 2.48. The van der Waals surface area contributed by atoms with E-state index in [9.17, 15) is 5.11 Å². The number of aliphatic hydroxyl groups is 1. The maximum absolute atomic E-state index is 10.7. The van der Waals surface area contributed by atoms with Crippen molar-refractivity contribution in [2.24, 2.45) is 11.8 Å². The third-order valence-corrected chi connectivity index (χ3v) is 4.16. The molecule has 1 fully saturated rings. The Morgan fingerprint density at radius 1 is 1.61 bits per heavy atom. The number of nitrogens with zero attached hydrogens (tertiary/aromatic N) is 2. The van der Waals surface area contributed by atoms with Gasteiger partial charge in [-0.2, -0.15) is 5.10 Å². The lowest BCUT2D eigenvalue weighted by molar-refractivity contribution is -0.0996. The number of rotatable bonds is 5. The molecule has 2 rings (SSSR count). The highest BCUT2D eigenvalue weighted by molar-refractivity contribution is 6.31. The zero-order chi connectivity index (χ0) is 13.3. The Balaban J connectivity index is 2.15. The van der Waals surface area contributed by atoms with Crippen molar-refractivity contribution >= 4 is 11.6 Å². The first kappa shape index (κ1) is 13.8. The Hall–Kier alpha value is -0.580. The Kier molecular flexibility index (Phi) is 3.99. The summed E-state index contributed by atoms with van der Waals surface area (Å²) in [6.45, 7) is 5.56. The zero-order valence-electron chi connectivity index (χ0n) is 11.2. The second kappa shape index (κ2) is 5.19. The summed E-state index contributed by atoms with van der Waals surface area (Å²) in [5.74, 6) is 1.16. The summed E-state index contributed by atoms with van der Waals surface area (Å²) in [5, 5.41) is 15.4. The van der Waals surface area contributed by atoms with E-state index in [1.54, 1.807) is 18.0 Å². The van der Waals surface area contributed by atoms with Gasteiger partial charge in [0, 0.05) is 7.11 Å². The van der Waals surface area contributed by atoms with Gasteiger partial charge in [-0.1, -0.05) is 25.4 Å². The zero-order valence-corrected chi connectivity index (χ0v) is 11.9. The Morgan fingerprint density at radius 3 is 2.83 bits per heavy atom. The minimum absolute atomic E-state index is 0.552. The molecule has 0 unspecified atom stereocenters. The van der Waals surface area contributed by atoms with E-state index in [-0.39, 0.29) is 0 Å². The topological polar surface area (TPSA) is 47.3 Å². The molecule has 0 atom stereocenters. The molecule has 1 saturated carbocycles. The molecule has 0 aliphatic heterocycles. The number of halogens is 1. The number of hydrogen-bond acceptors (Lipinski definition) is 3. The van der Waals surface area contributed by atoms with Crippen molar-refractivity contribution in [3.8, 4) is 0 Å². The van der Waals surface area contributed by atoms with Crippen molar-refractivity contribution in [1.82, 2.24) is 9.78 Å². The lowest BCUT2D eigenvalue weighted by Crippen LogP contribution is -2.45. The minimum Gasteiger partial charge on any atom is -0.383 e. The maximum atomic E-state index is 10.7. The maximum Gasteiger partial charge on any atom is 0.108 e. The van der Waals surface area contributed by atoms with Crippen LogP contribution < -0.4 is 0 Å². The Morgan fingerprint density at radius 2 is 2.28 bits per heavy atom. The number of hydrogen-bond donors (Lipinski definition) is 1. The van der Waals surface area contributed by atoms with Gasteiger partial charge in [0.2, 0.25) is 0 Å². The molecule has 0 spiro atoms. The standard InChI is InChI=1S/C13H21ClN2O2/c1-9(2)10-6-13(17,7-10)12-11(14)8-15-16(12)4-5-18-3/h8-10,17H,4-7H2,1-3H3. The average Bonchev–Trinajstić information content (AvgIpc) is 2.63. The molecule has 1 aromatic heterocycles. The first-order chi connectivity index (χ1) is 8.48. The van der Waals surface area contributed by atoms with Crippen LogP contribution in [0.25, 0.3) is 0 Å². The van der Waals surface area contributed by atoms with Crippen LogP contribution >= 0.6 is 11.6 Å². The van der Waals surface area contributed by atoms with Crippen molar-refractivity contribution in [3.05, 3.63) is 16.9 Å². The molecule has 1 aromatic rings. The fourth-order valence-electron chi connectivity index (χ4n) is 2.64. The van der Waals surface area contributed by atoms with Crippen LogP contribution in [0.15, 0.2) is 6.20 Å². The molecule has 18 heavy (non-hydrogen) atoms. The van der Waals surface area contributed by atoms with E-state index in [1.165, 1.54) is 0 Å². The quantitative estimate of drug-likeness (QED) is 0.896. The Labute approximate surface area is 113 Å². The second-order valence-electron chi connectivity index (χ2n) is 5.50. The monoisotopic (exact) mass is 272 g/mol. The lowest BCUT2D eigenvalue weighted by atomic mass is 9.65. The molecule has 0 radical (unpaired) electrons. The molecule has 0 amide bonds.